The van der Waals surface area contributed by atoms with Crippen LogP contribution in [0, 0.1) is 0 Å². The predicted molar refractivity (Wildman–Crippen MR) is 88.3 cm³/mol. The molecule has 122 valence electrons. The van der Waals surface area contributed by atoms with E-state index in [4.69, 9.17) is 10.5 Å². The molecule has 0 radical (unpaired) electrons. The van der Waals surface area contributed by atoms with Gasteiger partial charge in [0, 0.05) is 30.9 Å². The Morgan fingerprint density at radius 3 is 2.61 bits per heavy atom. The summed E-state index contributed by atoms with van der Waals surface area (Å²) >= 11 is 0. The number of ether oxygens (including phenoxy) is 1. The number of piperidine rings is 1. The molecular formula is C17H22N4O2. The predicted octanol–water partition coefficient (Wildman–Crippen LogP) is 1.35. The van der Waals surface area contributed by atoms with Crippen LogP contribution in [0.3, 0.4) is 0 Å². The Morgan fingerprint density at radius 2 is 1.91 bits per heavy atom. The lowest BCUT2D eigenvalue weighted by atomic mass is 9.90. The van der Waals surface area contributed by atoms with E-state index in [1.807, 2.05) is 30.3 Å². The molecule has 1 fully saturated rings. The van der Waals surface area contributed by atoms with E-state index in [-0.39, 0.29) is 6.61 Å². The largest absolute Gasteiger partial charge is 0.473 e. The van der Waals surface area contributed by atoms with E-state index in [9.17, 15) is 5.11 Å². The van der Waals surface area contributed by atoms with Crippen LogP contribution in [0.4, 0.5) is 5.95 Å². The van der Waals surface area contributed by atoms with Crippen molar-refractivity contribution >= 4 is 5.95 Å². The third-order valence-corrected chi connectivity index (χ3v) is 4.20. The zero-order chi connectivity index (χ0) is 16.1. The maximum Gasteiger partial charge on any atom is 0.228 e. The van der Waals surface area contributed by atoms with Crippen LogP contribution < -0.4 is 15.4 Å². The van der Waals surface area contributed by atoms with Crippen LogP contribution in [-0.2, 0) is 6.61 Å². The molecule has 2 aromatic rings. The number of rotatable bonds is 5. The van der Waals surface area contributed by atoms with Gasteiger partial charge in [0.25, 0.3) is 0 Å². The van der Waals surface area contributed by atoms with Crippen molar-refractivity contribution in [3.05, 3.63) is 48.2 Å². The van der Waals surface area contributed by atoms with E-state index in [0.717, 1.165) is 31.5 Å². The van der Waals surface area contributed by atoms with Gasteiger partial charge in [0.1, 0.15) is 6.61 Å². The van der Waals surface area contributed by atoms with Crippen molar-refractivity contribution in [2.45, 2.75) is 25.0 Å². The van der Waals surface area contributed by atoms with Crippen LogP contribution >= 0.6 is 0 Å². The smallest absolute Gasteiger partial charge is 0.228 e. The molecule has 0 aliphatic carbocycles. The van der Waals surface area contributed by atoms with E-state index in [1.165, 1.54) is 0 Å². The van der Waals surface area contributed by atoms with Crippen molar-refractivity contribution in [3.8, 4) is 5.88 Å². The first-order chi connectivity index (χ1) is 11.2. The maximum atomic E-state index is 9.33. The fraction of sp³-hybridized carbons (Fsp3) is 0.412. The SMILES string of the molecule is NC1(CO)CCN(c2nccc(OCc3ccccc3)n2)CC1. The number of aromatic nitrogens is 2. The number of hydrogen-bond donors (Lipinski definition) is 2. The van der Waals surface area contributed by atoms with Crippen molar-refractivity contribution in [3.63, 3.8) is 0 Å². The van der Waals surface area contributed by atoms with Gasteiger partial charge < -0.3 is 20.5 Å². The highest BCUT2D eigenvalue weighted by Gasteiger charge is 2.30. The van der Waals surface area contributed by atoms with Gasteiger partial charge in [0.15, 0.2) is 0 Å². The lowest BCUT2D eigenvalue weighted by molar-refractivity contribution is 0.169. The van der Waals surface area contributed by atoms with Crippen LogP contribution in [0.2, 0.25) is 0 Å². The molecule has 0 unspecified atom stereocenters. The second-order valence-electron chi connectivity index (χ2n) is 5.98. The highest BCUT2D eigenvalue weighted by atomic mass is 16.5. The number of anilines is 1. The van der Waals surface area contributed by atoms with Gasteiger partial charge in [-0.3, -0.25) is 0 Å². The molecule has 0 bridgehead atoms. The van der Waals surface area contributed by atoms with Crippen molar-refractivity contribution in [2.24, 2.45) is 5.73 Å². The van der Waals surface area contributed by atoms with Crippen molar-refractivity contribution < 1.29 is 9.84 Å². The number of nitrogens with two attached hydrogens (primary N) is 1. The second kappa shape index (κ2) is 6.93. The van der Waals surface area contributed by atoms with Gasteiger partial charge in [-0.1, -0.05) is 30.3 Å². The lowest BCUT2D eigenvalue weighted by Gasteiger charge is -2.37. The molecule has 6 heteroatoms. The molecule has 1 aromatic carbocycles. The summed E-state index contributed by atoms with van der Waals surface area (Å²) in [4.78, 5) is 10.9. The molecule has 0 saturated carbocycles. The summed E-state index contributed by atoms with van der Waals surface area (Å²) in [6.07, 6.45) is 3.16. The topological polar surface area (TPSA) is 84.5 Å². The molecule has 0 atom stereocenters. The molecule has 2 heterocycles. The molecule has 3 N–H and O–H groups in total. The highest BCUT2D eigenvalue weighted by Crippen LogP contribution is 2.23. The summed E-state index contributed by atoms with van der Waals surface area (Å²) in [6, 6.07) is 11.7. The molecular weight excluding hydrogens is 292 g/mol. The summed E-state index contributed by atoms with van der Waals surface area (Å²) in [7, 11) is 0. The lowest BCUT2D eigenvalue weighted by Crippen LogP contribution is -2.53. The standard InChI is InChI=1S/C17H22N4O2/c18-17(13-22)7-10-21(11-8-17)16-19-9-6-15(20-16)23-12-14-4-2-1-3-5-14/h1-6,9,22H,7-8,10-13,18H2. The third-order valence-electron chi connectivity index (χ3n) is 4.20. The molecule has 6 nitrogen and oxygen atoms in total. The first-order valence-electron chi connectivity index (χ1n) is 7.83. The Labute approximate surface area is 135 Å². The van der Waals surface area contributed by atoms with Gasteiger partial charge in [0.05, 0.1) is 6.61 Å². The van der Waals surface area contributed by atoms with E-state index in [0.29, 0.717) is 18.4 Å². The molecule has 0 amide bonds. The third kappa shape index (κ3) is 3.97. The number of aliphatic hydroxyl groups is 1. The Balaban J connectivity index is 1.62. The second-order valence-corrected chi connectivity index (χ2v) is 5.98. The maximum absolute atomic E-state index is 9.33. The Kier molecular flexibility index (Phi) is 4.73. The Hall–Kier alpha value is -2.18. The van der Waals surface area contributed by atoms with Crippen LogP contribution in [0.25, 0.3) is 0 Å². The normalized spacial score (nSPS) is 17.0. The molecule has 3 rings (SSSR count). The highest BCUT2D eigenvalue weighted by molar-refractivity contribution is 5.33. The van der Waals surface area contributed by atoms with Crippen LogP contribution in [0.1, 0.15) is 18.4 Å². The minimum atomic E-state index is -0.474. The van der Waals surface area contributed by atoms with E-state index in [2.05, 4.69) is 14.9 Å². The van der Waals surface area contributed by atoms with Crippen molar-refractivity contribution in [1.82, 2.24) is 9.97 Å². The summed E-state index contributed by atoms with van der Waals surface area (Å²) in [5, 5.41) is 9.33. The van der Waals surface area contributed by atoms with Gasteiger partial charge in [-0.2, -0.15) is 4.98 Å². The Bertz CT molecular complexity index is 628. The summed E-state index contributed by atoms with van der Waals surface area (Å²) in [6.45, 7) is 1.97. The van der Waals surface area contributed by atoms with E-state index in [1.54, 1.807) is 12.3 Å². The molecule has 1 aliphatic rings. The summed E-state index contributed by atoms with van der Waals surface area (Å²) < 4.78 is 5.74. The monoisotopic (exact) mass is 314 g/mol. The van der Waals surface area contributed by atoms with Gasteiger partial charge in [-0.15, -0.1) is 0 Å². The fourth-order valence-electron chi connectivity index (χ4n) is 2.61. The molecule has 0 spiro atoms. The minimum absolute atomic E-state index is 0.0158. The van der Waals surface area contributed by atoms with Gasteiger partial charge in [-0.05, 0) is 18.4 Å². The van der Waals surface area contributed by atoms with Crippen LogP contribution in [0.5, 0.6) is 5.88 Å². The number of hydrogen-bond acceptors (Lipinski definition) is 6. The van der Waals surface area contributed by atoms with Gasteiger partial charge >= 0.3 is 0 Å². The average molecular weight is 314 g/mol. The first kappa shape index (κ1) is 15.7. The van der Waals surface area contributed by atoms with Crippen LogP contribution in [0.15, 0.2) is 42.6 Å². The zero-order valence-corrected chi connectivity index (χ0v) is 13.1. The van der Waals surface area contributed by atoms with Gasteiger partial charge in [0.2, 0.25) is 11.8 Å². The molecule has 1 aromatic heterocycles. The Morgan fingerprint density at radius 1 is 1.17 bits per heavy atom. The average Bonchev–Trinajstić information content (AvgIpc) is 2.62. The molecule has 1 saturated heterocycles. The van der Waals surface area contributed by atoms with Crippen LogP contribution in [-0.4, -0.2) is 40.3 Å². The first-order valence-corrected chi connectivity index (χ1v) is 7.83. The fourth-order valence-corrected chi connectivity index (χ4v) is 2.61. The quantitative estimate of drug-likeness (QED) is 0.866. The zero-order valence-electron chi connectivity index (χ0n) is 13.1. The number of aliphatic hydroxyl groups excluding tert-OH is 1. The van der Waals surface area contributed by atoms with Crippen molar-refractivity contribution in [2.75, 3.05) is 24.6 Å². The summed E-state index contributed by atoms with van der Waals surface area (Å²) in [5.41, 5.74) is 6.72. The summed E-state index contributed by atoms with van der Waals surface area (Å²) in [5.74, 6) is 1.21. The molecule has 23 heavy (non-hydrogen) atoms. The minimum Gasteiger partial charge on any atom is -0.473 e. The van der Waals surface area contributed by atoms with Crippen molar-refractivity contribution in [1.29, 1.82) is 0 Å². The van der Waals surface area contributed by atoms with E-state index < -0.39 is 5.54 Å². The van der Waals surface area contributed by atoms with E-state index >= 15 is 0 Å². The van der Waals surface area contributed by atoms with Gasteiger partial charge in [-0.25, -0.2) is 4.98 Å². The number of benzene rings is 1. The number of nitrogens with zero attached hydrogens (tertiary/aromatic N) is 3. The molecule has 1 aliphatic heterocycles.